The predicted octanol–water partition coefficient (Wildman–Crippen LogP) is 0.759. The molecule has 0 aromatic heterocycles. The highest BCUT2D eigenvalue weighted by Gasteiger charge is 2.04. The standard InChI is InChI=1S/C9H10O3.C2H2O4/c1-2-12-9-5-7(6-10)3-4-8(9)11;3-1(4)2(5)6/h3-6,11H,2H2,1H3;(H,3,4)(H,5,6). The van der Waals surface area contributed by atoms with Crippen LogP contribution in [0.4, 0.5) is 0 Å². The van der Waals surface area contributed by atoms with Crippen molar-refractivity contribution in [3.63, 3.8) is 0 Å². The summed E-state index contributed by atoms with van der Waals surface area (Å²) in [6, 6.07) is 4.48. The van der Waals surface area contributed by atoms with E-state index in [2.05, 4.69) is 0 Å². The molecule has 98 valence electrons. The molecule has 0 bridgehead atoms. The Bertz CT molecular complexity index is 427. The molecular formula is C11H12O7. The number of aromatic hydroxyl groups is 1. The molecule has 0 radical (unpaired) electrons. The fourth-order valence-corrected chi connectivity index (χ4v) is 0.875. The van der Waals surface area contributed by atoms with E-state index in [1.165, 1.54) is 18.2 Å². The molecule has 0 unspecified atom stereocenters. The maximum Gasteiger partial charge on any atom is 0.414 e. The Kier molecular flexibility index (Phi) is 6.57. The molecule has 0 aliphatic rings. The van der Waals surface area contributed by atoms with E-state index in [4.69, 9.17) is 24.5 Å². The van der Waals surface area contributed by atoms with Gasteiger partial charge >= 0.3 is 11.9 Å². The fraction of sp³-hybridized carbons (Fsp3) is 0.182. The minimum atomic E-state index is -1.82. The third-order valence-corrected chi connectivity index (χ3v) is 1.60. The van der Waals surface area contributed by atoms with Crippen molar-refractivity contribution in [3.8, 4) is 11.5 Å². The summed E-state index contributed by atoms with van der Waals surface area (Å²) in [7, 11) is 0. The van der Waals surface area contributed by atoms with Crippen LogP contribution >= 0.6 is 0 Å². The van der Waals surface area contributed by atoms with Crippen LogP contribution in [0.25, 0.3) is 0 Å². The summed E-state index contributed by atoms with van der Waals surface area (Å²) in [5.41, 5.74) is 0.497. The molecule has 0 fully saturated rings. The van der Waals surface area contributed by atoms with Gasteiger partial charge in [0.2, 0.25) is 0 Å². The van der Waals surface area contributed by atoms with Crippen LogP contribution < -0.4 is 4.74 Å². The van der Waals surface area contributed by atoms with Crippen molar-refractivity contribution in [1.29, 1.82) is 0 Å². The summed E-state index contributed by atoms with van der Waals surface area (Å²) in [5.74, 6) is -3.24. The third kappa shape index (κ3) is 5.50. The first kappa shape index (κ1) is 15.4. The number of carbonyl (C=O) groups is 3. The van der Waals surface area contributed by atoms with Gasteiger partial charge in [-0.2, -0.15) is 0 Å². The number of phenolic OH excluding ortho intramolecular Hbond substituents is 1. The van der Waals surface area contributed by atoms with Crippen LogP contribution in [-0.4, -0.2) is 40.2 Å². The molecule has 0 atom stereocenters. The van der Waals surface area contributed by atoms with Crippen LogP contribution in [-0.2, 0) is 9.59 Å². The molecular weight excluding hydrogens is 244 g/mol. The van der Waals surface area contributed by atoms with E-state index in [9.17, 15) is 9.90 Å². The monoisotopic (exact) mass is 256 g/mol. The molecule has 3 N–H and O–H groups in total. The van der Waals surface area contributed by atoms with E-state index in [0.717, 1.165) is 0 Å². The van der Waals surface area contributed by atoms with Crippen molar-refractivity contribution in [3.05, 3.63) is 23.8 Å². The number of aldehydes is 1. The zero-order valence-electron chi connectivity index (χ0n) is 9.49. The first-order chi connectivity index (χ1) is 8.42. The van der Waals surface area contributed by atoms with Crippen molar-refractivity contribution in [2.75, 3.05) is 6.61 Å². The maximum absolute atomic E-state index is 10.3. The van der Waals surface area contributed by atoms with Crippen molar-refractivity contribution >= 4 is 18.2 Å². The Hall–Kier alpha value is -2.57. The molecule has 18 heavy (non-hydrogen) atoms. The zero-order chi connectivity index (χ0) is 14.1. The number of carbonyl (C=O) groups excluding carboxylic acids is 1. The number of hydrogen-bond acceptors (Lipinski definition) is 5. The van der Waals surface area contributed by atoms with Gasteiger partial charge in [-0.05, 0) is 25.1 Å². The molecule has 1 aromatic rings. The average molecular weight is 256 g/mol. The average Bonchev–Trinajstić information content (AvgIpc) is 2.33. The number of aliphatic carboxylic acids is 2. The molecule has 0 aliphatic heterocycles. The molecule has 0 aliphatic carbocycles. The van der Waals surface area contributed by atoms with E-state index >= 15 is 0 Å². The summed E-state index contributed by atoms with van der Waals surface area (Å²) < 4.78 is 5.07. The second kappa shape index (κ2) is 7.66. The van der Waals surface area contributed by atoms with E-state index in [0.29, 0.717) is 24.2 Å². The lowest BCUT2D eigenvalue weighted by atomic mass is 10.2. The van der Waals surface area contributed by atoms with Crippen molar-refractivity contribution < 1.29 is 34.4 Å². The third-order valence-electron chi connectivity index (χ3n) is 1.60. The van der Waals surface area contributed by atoms with E-state index < -0.39 is 11.9 Å². The first-order valence-corrected chi connectivity index (χ1v) is 4.79. The SMILES string of the molecule is CCOc1cc(C=O)ccc1O.O=C(O)C(=O)O. The van der Waals surface area contributed by atoms with Gasteiger partial charge in [0.15, 0.2) is 11.5 Å². The number of phenols is 1. The molecule has 7 nitrogen and oxygen atoms in total. The van der Waals surface area contributed by atoms with Crippen molar-refractivity contribution in [2.45, 2.75) is 6.92 Å². The Balaban J connectivity index is 0.000000411. The van der Waals surface area contributed by atoms with Gasteiger partial charge in [0.1, 0.15) is 6.29 Å². The fourth-order valence-electron chi connectivity index (χ4n) is 0.875. The lowest BCUT2D eigenvalue weighted by Crippen LogP contribution is -2.09. The van der Waals surface area contributed by atoms with Crippen LogP contribution in [0.2, 0.25) is 0 Å². The second-order valence-corrected chi connectivity index (χ2v) is 2.89. The topological polar surface area (TPSA) is 121 Å². The van der Waals surface area contributed by atoms with Gasteiger partial charge < -0.3 is 20.1 Å². The van der Waals surface area contributed by atoms with Crippen molar-refractivity contribution in [1.82, 2.24) is 0 Å². The van der Waals surface area contributed by atoms with Gasteiger partial charge in [-0.1, -0.05) is 0 Å². The number of carboxylic acids is 2. The number of rotatable bonds is 3. The zero-order valence-corrected chi connectivity index (χ0v) is 9.49. The smallest absolute Gasteiger partial charge is 0.414 e. The normalized spacial score (nSPS) is 8.72. The van der Waals surface area contributed by atoms with Gasteiger partial charge in [-0.25, -0.2) is 9.59 Å². The number of benzene rings is 1. The van der Waals surface area contributed by atoms with Gasteiger partial charge in [-0.15, -0.1) is 0 Å². The largest absolute Gasteiger partial charge is 0.504 e. The first-order valence-electron chi connectivity index (χ1n) is 4.79. The molecule has 1 aromatic carbocycles. The van der Waals surface area contributed by atoms with Crippen LogP contribution in [0.3, 0.4) is 0 Å². The second-order valence-electron chi connectivity index (χ2n) is 2.89. The van der Waals surface area contributed by atoms with E-state index in [1.54, 1.807) is 0 Å². The molecule has 7 heteroatoms. The lowest BCUT2D eigenvalue weighted by Gasteiger charge is -2.04. The summed E-state index contributed by atoms with van der Waals surface area (Å²) in [6.45, 7) is 2.28. The molecule has 0 amide bonds. The number of carboxylic acid groups (broad SMARTS) is 2. The summed E-state index contributed by atoms with van der Waals surface area (Å²) in [5, 5.41) is 24.0. The maximum atomic E-state index is 10.3. The molecule has 0 heterocycles. The predicted molar refractivity (Wildman–Crippen MR) is 59.9 cm³/mol. The van der Waals surface area contributed by atoms with Crippen molar-refractivity contribution in [2.24, 2.45) is 0 Å². The van der Waals surface area contributed by atoms with Gasteiger partial charge in [0, 0.05) is 5.56 Å². The number of ether oxygens (including phenoxy) is 1. The minimum absolute atomic E-state index is 0.0578. The Morgan fingerprint density at radius 3 is 2.22 bits per heavy atom. The lowest BCUT2D eigenvalue weighted by molar-refractivity contribution is -0.159. The molecule has 0 saturated heterocycles. The highest BCUT2D eigenvalue weighted by Crippen LogP contribution is 2.25. The Labute approximate surface area is 102 Å². The van der Waals surface area contributed by atoms with Crippen LogP contribution in [0.5, 0.6) is 11.5 Å². The Morgan fingerprint density at radius 1 is 1.28 bits per heavy atom. The van der Waals surface area contributed by atoms with Crippen LogP contribution in [0.1, 0.15) is 17.3 Å². The molecule has 1 rings (SSSR count). The van der Waals surface area contributed by atoms with E-state index in [1.807, 2.05) is 6.92 Å². The quantitative estimate of drug-likeness (QED) is 0.539. The number of hydrogen-bond donors (Lipinski definition) is 3. The summed E-state index contributed by atoms with van der Waals surface area (Å²) in [6.07, 6.45) is 0.710. The summed E-state index contributed by atoms with van der Waals surface area (Å²) in [4.78, 5) is 28.5. The summed E-state index contributed by atoms with van der Waals surface area (Å²) >= 11 is 0. The van der Waals surface area contributed by atoms with Gasteiger partial charge in [0.25, 0.3) is 0 Å². The van der Waals surface area contributed by atoms with E-state index in [-0.39, 0.29) is 5.75 Å². The van der Waals surface area contributed by atoms with Gasteiger partial charge in [0.05, 0.1) is 6.61 Å². The highest BCUT2D eigenvalue weighted by atomic mass is 16.5. The molecule has 0 saturated carbocycles. The van der Waals surface area contributed by atoms with Crippen LogP contribution in [0, 0.1) is 0 Å². The van der Waals surface area contributed by atoms with Gasteiger partial charge in [-0.3, -0.25) is 4.79 Å². The Morgan fingerprint density at radius 2 is 1.83 bits per heavy atom. The van der Waals surface area contributed by atoms with Crippen LogP contribution in [0.15, 0.2) is 18.2 Å². The molecule has 0 spiro atoms. The minimum Gasteiger partial charge on any atom is -0.504 e. The highest BCUT2D eigenvalue weighted by molar-refractivity contribution is 6.27.